The van der Waals surface area contributed by atoms with Crippen LogP contribution >= 0.6 is 23.4 Å². The van der Waals surface area contributed by atoms with Gasteiger partial charge in [-0.05, 0) is 49.4 Å². The Balaban J connectivity index is 1.57. The molecule has 3 aromatic rings. The lowest BCUT2D eigenvalue weighted by Gasteiger charge is -2.14. The van der Waals surface area contributed by atoms with Crippen LogP contribution in [0.3, 0.4) is 0 Å². The molecule has 0 aliphatic carbocycles. The van der Waals surface area contributed by atoms with Gasteiger partial charge in [0.05, 0.1) is 5.75 Å². The molecule has 0 aliphatic rings. The summed E-state index contributed by atoms with van der Waals surface area (Å²) in [4.78, 5) is 12.1. The number of benzene rings is 2. The molecule has 0 bridgehead atoms. The topological polar surface area (TPSA) is 69.0 Å². The zero-order chi connectivity index (χ0) is 20.1. The number of thioether (sulfide) groups is 1. The van der Waals surface area contributed by atoms with Gasteiger partial charge in [-0.1, -0.05) is 29.4 Å². The standard InChI is InChI=1S/C19H18ClFN4O2S/c1-12(27-16-8-6-14(21)7-9-16)18-23-24-19(25(18)2)28-11-17(26)22-15-5-3-4-13(20)10-15/h3-10,12H,11H2,1-2H3,(H,22,26). The SMILES string of the molecule is CC(Oc1ccc(F)cc1)c1nnc(SCC(=O)Nc2cccc(Cl)c2)n1C. The maximum atomic E-state index is 13.0. The number of anilines is 1. The van der Waals surface area contributed by atoms with Crippen LogP contribution in [0.15, 0.2) is 53.7 Å². The normalized spacial score (nSPS) is 11.9. The average Bonchev–Trinajstić information content (AvgIpc) is 3.02. The van der Waals surface area contributed by atoms with Gasteiger partial charge in [0.2, 0.25) is 5.91 Å². The van der Waals surface area contributed by atoms with Crippen LogP contribution in [0.25, 0.3) is 0 Å². The number of hydrogen-bond donors (Lipinski definition) is 1. The van der Waals surface area contributed by atoms with Gasteiger partial charge in [0.25, 0.3) is 0 Å². The van der Waals surface area contributed by atoms with Crippen molar-refractivity contribution in [2.24, 2.45) is 7.05 Å². The van der Waals surface area contributed by atoms with Gasteiger partial charge >= 0.3 is 0 Å². The molecule has 3 rings (SSSR count). The molecule has 1 heterocycles. The molecule has 146 valence electrons. The van der Waals surface area contributed by atoms with Crippen LogP contribution in [-0.4, -0.2) is 26.4 Å². The van der Waals surface area contributed by atoms with Crippen molar-refractivity contribution in [3.63, 3.8) is 0 Å². The van der Waals surface area contributed by atoms with Crippen molar-refractivity contribution in [2.45, 2.75) is 18.2 Å². The average molecular weight is 421 g/mol. The van der Waals surface area contributed by atoms with E-state index in [1.165, 1.54) is 23.9 Å². The summed E-state index contributed by atoms with van der Waals surface area (Å²) in [6.07, 6.45) is -0.391. The van der Waals surface area contributed by atoms with E-state index >= 15 is 0 Å². The van der Waals surface area contributed by atoms with E-state index in [4.69, 9.17) is 16.3 Å². The number of rotatable bonds is 7. The molecular weight excluding hydrogens is 403 g/mol. The van der Waals surface area contributed by atoms with Crippen LogP contribution in [0.4, 0.5) is 10.1 Å². The van der Waals surface area contributed by atoms with Crippen LogP contribution in [0.5, 0.6) is 5.75 Å². The molecule has 1 atom stereocenters. The van der Waals surface area contributed by atoms with Gasteiger partial charge in [0.1, 0.15) is 11.6 Å². The van der Waals surface area contributed by atoms with Crippen molar-refractivity contribution in [1.82, 2.24) is 14.8 Å². The van der Waals surface area contributed by atoms with Crippen molar-refractivity contribution in [2.75, 3.05) is 11.1 Å². The van der Waals surface area contributed by atoms with E-state index < -0.39 is 6.10 Å². The second-order valence-corrected chi connectivity index (χ2v) is 7.34. The molecule has 1 amide bonds. The predicted molar refractivity (Wildman–Crippen MR) is 107 cm³/mol. The van der Waals surface area contributed by atoms with Gasteiger partial charge in [-0.25, -0.2) is 4.39 Å². The van der Waals surface area contributed by atoms with Gasteiger partial charge in [0, 0.05) is 17.8 Å². The van der Waals surface area contributed by atoms with E-state index in [1.54, 1.807) is 48.0 Å². The summed E-state index contributed by atoms with van der Waals surface area (Å²) in [6.45, 7) is 1.83. The second-order valence-electron chi connectivity index (χ2n) is 5.96. The molecule has 1 aromatic heterocycles. The summed E-state index contributed by atoms with van der Waals surface area (Å²) in [5.41, 5.74) is 0.637. The monoisotopic (exact) mass is 420 g/mol. The van der Waals surface area contributed by atoms with Crippen molar-refractivity contribution in [1.29, 1.82) is 0 Å². The summed E-state index contributed by atoms with van der Waals surface area (Å²) in [5, 5.41) is 12.2. The number of hydrogen-bond acceptors (Lipinski definition) is 5. The molecule has 0 radical (unpaired) electrons. The Hall–Kier alpha value is -2.58. The Morgan fingerprint density at radius 2 is 2.04 bits per heavy atom. The molecule has 0 saturated heterocycles. The Morgan fingerprint density at radius 3 is 2.75 bits per heavy atom. The van der Waals surface area contributed by atoms with Crippen LogP contribution in [-0.2, 0) is 11.8 Å². The Bertz CT molecular complexity index is 965. The Morgan fingerprint density at radius 1 is 1.29 bits per heavy atom. The number of aromatic nitrogens is 3. The number of nitrogens with one attached hydrogen (secondary N) is 1. The molecule has 9 heteroatoms. The lowest BCUT2D eigenvalue weighted by Crippen LogP contribution is -2.14. The van der Waals surface area contributed by atoms with Gasteiger partial charge in [-0.15, -0.1) is 10.2 Å². The highest BCUT2D eigenvalue weighted by molar-refractivity contribution is 7.99. The first kappa shape index (κ1) is 20.2. The smallest absolute Gasteiger partial charge is 0.234 e. The van der Waals surface area contributed by atoms with Crippen molar-refractivity contribution >= 4 is 35.0 Å². The van der Waals surface area contributed by atoms with Gasteiger partial charge in [-0.3, -0.25) is 4.79 Å². The van der Waals surface area contributed by atoms with Crippen LogP contribution in [0, 0.1) is 5.82 Å². The molecule has 0 saturated carbocycles. The fourth-order valence-electron chi connectivity index (χ4n) is 2.47. The van der Waals surface area contributed by atoms with E-state index in [2.05, 4.69) is 15.5 Å². The second kappa shape index (κ2) is 9.07. The van der Waals surface area contributed by atoms with E-state index in [-0.39, 0.29) is 17.5 Å². The summed E-state index contributed by atoms with van der Waals surface area (Å²) in [7, 11) is 1.80. The molecular formula is C19H18ClFN4O2S. The van der Waals surface area contributed by atoms with Gasteiger partial charge < -0.3 is 14.6 Å². The molecule has 6 nitrogen and oxygen atoms in total. The Kier molecular flexibility index (Phi) is 6.53. The molecule has 1 unspecified atom stereocenters. The number of carbonyl (C=O) groups is 1. The number of amides is 1. The van der Waals surface area contributed by atoms with Crippen molar-refractivity contribution < 1.29 is 13.9 Å². The number of nitrogens with zero attached hydrogens (tertiary/aromatic N) is 3. The quantitative estimate of drug-likeness (QED) is 0.571. The minimum atomic E-state index is -0.391. The minimum absolute atomic E-state index is 0.172. The third-order valence-electron chi connectivity index (χ3n) is 3.80. The van der Waals surface area contributed by atoms with Gasteiger partial charge in [0.15, 0.2) is 17.1 Å². The number of ether oxygens (including phenoxy) is 1. The molecule has 28 heavy (non-hydrogen) atoms. The maximum Gasteiger partial charge on any atom is 0.234 e. The summed E-state index contributed by atoms with van der Waals surface area (Å²) in [5.74, 6) is 0.806. The van der Waals surface area contributed by atoms with E-state index in [0.29, 0.717) is 27.4 Å². The first-order chi connectivity index (χ1) is 13.4. The van der Waals surface area contributed by atoms with E-state index in [1.807, 2.05) is 6.92 Å². The molecule has 0 spiro atoms. The highest BCUT2D eigenvalue weighted by atomic mass is 35.5. The van der Waals surface area contributed by atoms with Crippen molar-refractivity contribution in [3.05, 3.63) is 65.2 Å². The van der Waals surface area contributed by atoms with Crippen LogP contribution in [0.2, 0.25) is 5.02 Å². The highest BCUT2D eigenvalue weighted by Crippen LogP contribution is 2.24. The number of halogens is 2. The summed E-state index contributed by atoms with van der Waals surface area (Å²) < 4.78 is 20.5. The first-order valence-electron chi connectivity index (χ1n) is 8.42. The maximum absolute atomic E-state index is 13.0. The molecule has 2 aromatic carbocycles. The minimum Gasteiger partial charge on any atom is -0.483 e. The fraction of sp³-hybridized carbons (Fsp3) is 0.211. The molecule has 0 aliphatic heterocycles. The fourth-order valence-corrected chi connectivity index (χ4v) is 3.38. The zero-order valence-corrected chi connectivity index (χ0v) is 16.8. The summed E-state index contributed by atoms with van der Waals surface area (Å²) >= 11 is 7.18. The lowest BCUT2D eigenvalue weighted by atomic mass is 10.3. The summed E-state index contributed by atoms with van der Waals surface area (Å²) in [6, 6.07) is 12.7. The predicted octanol–water partition coefficient (Wildman–Crippen LogP) is 4.48. The van der Waals surface area contributed by atoms with E-state index in [9.17, 15) is 9.18 Å². The first-order valence-corrected chi connectivity index (χ1v) is 9.78. The third-order valence-corrected chi connectivity index (χ3v) is 5.05. The van der Waals surface area contributed by atoms with Crippen molar-refractivity contribution in [3.8, 4) is 5.75 Å². The molecule has 0 fully saturated rings. The van der Waals surface area contributed by atoms with Gasteiger partial charge in [-0.2, -0.15) is 0 Å². The lowest BCUT2D eigenvalue weighted by molar-refractivity contribution is -0.113. The number of carbonyl (C=O) groups excluding carboxylic acids is 1. The van der Waals surface area contributed by atoms with Crippen LogP contribution < -0.4 is 10.1 Å². The third kappa shape index (κ3) is 5.24. The molecule has 1 N–H and O–H groups in total. The zero-order valence-electron chi connectivity index (χ0n) is 15.2. The van der Waals surface area contributed by atoms with Crippen LogP contribution in [0.1, 0.15) is 18.9 Å². The van der Waals surface area contributed by atoms with E-state index in [0.717, 1.165) is 0 Å². The Labute approximate surface area is 171 Å². The largest absolute Gasteiger partial charge is 0.483 e. The highest BCUT2D eigenvalue weighted by Gasteiger charge is 2.18.